The molecule has 1 unspecified atom stereocenters. The highest BCUT2D eigenvalue weighted by Gasteiger charge is 2.47. The number of ketones is 1. The van der Waals surface area contributed by atoms with E-state index < -0.39 is 5.60 Å². The number of hydrogen-bond donors (Lipinski definition) is 1. The van der Waals surface area contributed by atoms with Crippen molar-refractivity contribution in [1.82, 2.24) is 0 Å². The van der Waals surface area contributed by atoms with Gasteiger partial charge in [-0.1, -0.05) is 65.7 Å². The average molecular weight is 385 g/mol. The lowest BCUT2D eigenvalue weighted by Crippen LogP contribution is -2.37. The van der Waals surface area contributed by atoms with E-state index in [0.29, 0.717) is 33.0 Å². The molecule has 0 fully saturated rings. The quantitative estimate of drug-likeness (QED) is 0.687. The minimum Gasteiger partial charge on any atom is -0.496 e. The van der Waals surface area contributed by atoms with Crippen LogP contribution in [0.25, 0.3) is 0 Å². The van der Waals surface area contributed by atoms with Crippen molar-refractivity contribution in [3.63, 3.8) is 0 Å². The largest absolute Gasteiger partial charge is 0.496 e. The normalized spacial score (nSPS) is 18.2. The first-order valence-electron chi connectivity index (χ1n) is 7.98. The van der Waals surface area contributed by atoms with Crippen molar-refractivity contribution in [3.05, 3.63) is 98.5 Å². The molecule has 0 spiro atoms. The predicted octanol–water partition coefficient (Wildman–Crippen LogP) is 4.83. The Labute approximate surface area is 160 Å². The van der Waals surface area contributed by atoms with E-state index >= 15 is 0 Å². The first-order chi connectivity index (χ1) is 12.5. The number of hydrogen-bond acceptors (Lipinski definition) is 3. The Morgan fingerprint density at radius 2 is 1.54 bits per heavy atom. The number of carbonyl (C=O) groups excluding carboxylic acids is 1. The average Bonchev–Trinajstić information content (AvgIpc) is 2.65. The van der Waals surface area contributed by atoms with Crippen LogP contribution in [0.1, 0.15) is 32.6 Å². The molecule has 0 radical (unpaired) electrons. The minimum absolute atomic E-state index is 0.261. The highest BCUT2D eigenvalue weighted by atomic mass is 35.5. The highest BCUT2D eigenvalue weighted by molar-refractivity contribution is 6.37. The third-order valence-corrected chi connectivity index (χ3v) is 5.38. The highest BCUT2D eigenvalue weighted by Crippen LogP contribution is 2.50. The second kappa shape index (κ2) is 6.13. The second-order valence-electron chi connectivity index (χ2n) is 6.06. The number of fused-ring (bicyclic) bond motifs is 2. The molecule has 3 aromatic rings. The van der Waals surface area contributed by atoms with Crippen LogP contribution in [0.4, 0.5) is 0 Å². The van der Waals surface area contributed by atoms with E-state index in [0.717, 1.165) is 0 Å². The maximum atomic E-state index is 13.1. The Morgan fingerprint density at radius 1 is 0.885 bits per heavy atom. The van der Waals surface area contributed by atoms with Gasteiger partial charge in [-0.25, -0.2) is 0 Å². The fraction of sp³-hybridized carbons (Fsp3) is 0.0952. The zero-order valence-electron chi connectivity index (χ0n) is 13.8. The molecule has 3 nitrogen and oxygen atoms in total. The summed E-state index contributed by atoms with van der Waals surface area (Å²) in [7, 11) is 1.53. The Hall–Kier alpha value is -2.33. The van der Waals surface area contributed by atoms with Crippen molar-refractivity contribution in [2.24, 2.45) is 0 Å². The summed E-state index contributed by atoms with van der Waals surface area (Å²) in [6.07, 6.45) is 0. The van der Waals surface area contributed by atoms with E-state index in [1.807, 2.05) is 6.07 Å². The summed E-state index contributed by atoms with van der Waals surface area (Å²) in [6.45, 7) is 0. The SMILES string of the molecule is COc1ccccc1C1(O)c2cccc(Cl)c2C(=O)c2cccc(Cl)c21. The molecule has 0 bridgehead atoms. The van der Waals surface area contributed by atoms with Gasteiger partial charge in [-0.3, -0.25) is 4.79 Å². The lowest BCUT2D eigenvalue weighted by atomic mass is 9.70. The summed E-state index contributed by atoms with van der Waals surface area (Å²) in [6, 6.07) is 17.1. The summed E-state index contributed by atoms with van der Waals surface area (Å²) in [5.41, 5.74) is 0.150. The van der Waals surface area contributed by atoms with Gasteiger partial charge in [0.25, 0.3) is 0 Å². The van der Waals surface area contributed by atoms with E-state index in [1.165, 1.54) is 7.11 Å². The number of ether oxygens (including phenoxy) is 1. The van der Waals surface area contributed by atoms with E-state index in [1.54, 1.807) is 54.6 Å². The summed E-state index contributed by atoms with van der Waals surface area (Å²) in [5.74, 6) is 0.226. The number of methoxy groups -OCH3 is 1. The molecule has 1 atom stereocenters. The van der Waals surface area contributed by atoms with Gasteiger partial charge in [0.15, 0.2) is 5.78 Å². The third-order valence-electron chi connectivity index (χ3n) is 4.75. The lowest BCUT2D eigenvalue weighted by molar-refractivity contribution is 0.0942. The van der Waals surface area contributed by atoms with Crippen LogP contribution in [0.15, 0.2) is 60.7 Å². The van der Waals surface area contributed by atoms with Gasteiger partial charge in [-0.2, -0.15) is 0 Å². The van der Waals surface area contributed by atoms with Crippen molar-refractivity contribution >= 4 is 29.0 Å². The van der Waals surface area contributed by atoms with Gasteiger partial charge in [0.1, 0.15) is 11.4 Å². The van der Waals surface area contributed by atoms with Crippen LogP contribution in [0.3, 0.4) is 0 Å². The molecule has 1 N–H and O–H groups in total. The molecule has 0 saturated heterocycles. The van der Waals surface area contributed by atoms with Crippen LogP contribution in [-0.4, -0.2) is 18.0 Å². The Balaban J connectivity index is 2.19. The number of carbonyl (C=O) groups is 1. The molecule has 130 valence electrons. The number of aliphatic hydroxyl groups is 1. The van der Waals surface area contributed by atoms with E-state index in [-0.39, 0.29) is 16.4 Å². The molecular formula is C21H14Cl2O3. The number of para-hydroxylation sites is 1. The topological polar surface area (TPSA) is 46.5 Å². The van der Waals surface area contributed by atoms with Crippen molar-refractivity contribution in [1.29, 1.82) is 0 Å². The van der Waals surface area contributed by atoms with Gasteiger partial charge >= 0.3 is 0 Å². The monoisotopic (exact) mass is 384 g/mol. The zero-order chi connectivity index (χ0) is 18.5. The Morgan fingerprint density at radius 3 is 2.31 bits per heavy atom. The van der Waals surface area contributed by atoms with Crippen LogP contribution in [-0.2, 0) is 5.60 Å². The first kappa shape index (κ1) is 17.1. The third kappa shape index (κ3) is 2.21. The van der Waals surface area contributed by atoms with Gasteiger partial charge in [-0.05, 0) is 18.2 Å². The van der Waals surface area contributed by atoms with Crippen LogP contribution in [0.2, 0.25) is 10.0 Å². The van der Waals surface area contributed by atoms with Crippen molar-refractivity contribution in [2.75, 3.05) is 7.11 Å². The smallest absolute Gasteiger partial charge is 0.195 e. The van der Waals surface area contributed by atoms with Gasteiger partial charge in [0.2, 0.25) is 0 Å². The fourth-order valence-electron chi connectivity index (χ4n) is 3.63. The molecule has 26 heavy (non-hydrogen) atoms. The van der Waals surface area contributed by atoms with E-state index in [2.05, 4.69) is 0 Å². The molecule has 1 aliphatic rings. The Kier molecular flexibility index (Phi) is 4.03. The summed E-state index contributed by atoms with van der Waals surface area (Å²) >= 11 is 12.8. The molecule has 1 aliphatic carbocycles. The van der Waals surface area contributed by atoms with Crippen LogP contribution < -0.4 is 4.74 Å². The van der Waals surface area contributed by atoms with Crippen LogP contribution in [0, 0.1) is 0 Å². The van der Waals surface area contributed by atoms with Crippen molar-refractivity contribution < 1.29 is 14.6 Å². The molecule has 0 aliphatic heterocycles. The minimum atomic E-state index is -1.67. The van der Waals surface area contributed by atoms with Crippen molar-refractivity contribution in [2.45, 2.75) is 5.60 Å². The molecule has 4 rings (SSSR count). The standard InChI is InChI=1S/C21H14Cl2O3/c1-26-17-11-3-2-7-13(17)21(25)14-8-5-9-15(22)18(14)20(24)12-6-4-10-16(23)19(12)21/h2-11,25H,1H3. The molecule has 0 amide bonds. The Bertz CT molecular complexity index is 1050. The van der Waals surface area contributed by atoms with Gasteiger partial charge < -0.3 is 9.84 Å². The van der Waals surface area contributed by atoms with Gasteiger partial charge in [-0.15, -0.1) is 0 Å². The summed E-state index contributed by atoms with van der Waals surface area (Å²) in [4.78, 5) is 13.1. The summed E-state index contributed by atoms with van der Waals surface area (Å²) < 4.78 is 5.47. The van der Waals surface area contributed by atoms with Crippen molar-refractivity contribution in [3.8, 4) is 5.75 Å². The second-order valence-corrected chi connectivity index (χ2v) is 6.88. The first-order valence-corrected chi connectivity index (χ1v) is 8.74. The maximum absolute atomic E-state index is 13.1. The number of rotatable bonds is 2. The molecular weight excluding hydrogens is 371 g/mol. The molecule has 0 aromatic heterocycles. The molecule has 5 heteroatoms. The zero-order valence-corrected chi connectivity index (χ0v) is 15.3. The number of benzene rings is 3. The fourth-order valence-corrected chi connectivity index (χ4v) is 4.20. The number of halogens is 2. The van der Waals surface area contributed by atoms with E-state index in [9.17, 15) is 9.90 Å². The van der Waals surface area contributed by atoms with Gasteiger partial charge in [0.05, 0.1) is 12.1 Å². The van der Waals surface area contributed by atoms with Crippen LogP contribution in [0.5, 0.6) is 5.75 Å². The van der Waals surface area contributed by atoms with Crippen LogP contribution >= 0.6 is 23.2 Å². The molecule has 0 heterocycles. The molecule has 3 aromatic carbocycles. The predicted molar refractivity (Wildman–Crippen MR) is 101 cm³/mol. The lowest BCUT2D eigenvalue weighted by Gasteiger charge is -2.37. The summed E-state index contributed by atoms with van der Waals surface area (Å²) in [5, 5.41) is 12.6. The molecule has 0 saturated carbocycles. The van der Waals surface area contributed by atoms with Gasteiger partial charge in [0, 0.05) is 32.8 Å². The maximum Gasteiger partial charge on any atom is 0.195 e. The van der Waals surface area contributed by atoms with E-state index in [4.69, 9.17) is 27.9 Å².